The molecular formula is C18H23N3. The van der Waals surface area contributed by atoms with Crippen LogP contribution in [0.3, 0.4) is 0 Å². The topological polar surface area (TPSA) is 42.1 Å². The summed E-state index contributed by atoms with van der Waals surface area (Å²) in [5.74, 6) is 2.99. The summed E-state index contributed by atoms with van der Waals surface area (Å²) < 4.78 is 0. The summed E-state index contributed by atoms with van der Waals surface area (Å²) in [5.41, 5.74) is 7.69. The van der Waals surface area contributed by atoms with E-state index in [1.807, 2.05) is 18.2 Å². The second-order valence-corrected chi connectivity index (χ2v) is 6.66. The van der Waals surface area contributed by atoms with Gasteiger partial charge in [-0.2, -0.15) is 0 Å². The lowest BCUT2D eigenvalue weighted by molar-refractivity contribution is 0.202. The molecular weight excluding hydrogens is 258 g/mol. The molecule has 2 aliphatic rings. The number of fused-ring (bicyclic) bond motifs is 2. The summed E-state index contributed by atoms with van der Waals surface area (Å²) in [6.45, 7) is 2.35. The molecule has 21 heavy (non-hydrogen) atoms. The van der Waals surface area contributed by atoms with E-state index in [2.05, 4.69) is 17.0 Å². The molecule has 0 spiro atoms. The van der Waals surface area contributed by atoms with E-state index in [0.29, 0.717) is 0 Å². The van der Waals surface area contributed by atoms with Gasteiger partial charge in [0.2, 0.25) is 0 Å². The second kappa shape index (κ2) is 5.21. The highest BCUT2D eigenvalue weighted by atomic mass is 15.2. The minimum atomic E-state index is 0.806. The van der Waals surface area contributed by atoms with Gasteiger partial charge in [-0.25, -0.2) is 4.98 Å². The number of pyridine rings is 1. The number of piperidine rings is 1. The van der Waals surface area contributed by atoms with Gasteiger partial charge in [0.25, 0.3) is 0 Å². The molecule has 1 saturated carbocycles. The number of hydrogen-bond donors (Lipinski definition) is 1. The van der Waals surface area contributed by atoms with Crippen molar-refractivity contribution >= 4 is 22.4 Å². The Balaban J connectivity index is 1.59. The fraction of sp³-hybridized carbons (Fsp3) is 0.500. The summed E-state index contributed by atoms with van der Waals surface area (Å²) in [4.78, 5) is 7.34. The normalized spacial score (nSPS) is 25.8. The first kappa shape index (κ1) is 12.9. The number of nitrogen functional groups attached to an aromatic ring is 1. The van der Waals surface area contributed by atoms with Gasteiger partial charge >= 0.3 is 0 Å². The number of benzene rings is 1. The van der Waals surface area contributed by atoms with Crippen LogP contribution in [0.4, 0.5) is 11.5 Å². The van der Waals surface area contributed by atoms with Crippen LogP contribution in [0.1, 0.15) is 32.1 Å². The number of nitrogens with two attached hydrogens (primary N) is 1. The van der Waals surface area contributed by atoms with Gasteiger partial charge < -0.3 is 10.6 Å². The molecule has 2 unspecified atom stereocenters. The predicted octanol–water partition coefficient (Wildman–Crippen LogP) is 3.83. The van der Waals surface area contributed by atoms with Gasteiger partial charge in [-0.15, -0.1) is 0 Å². The van der Waals surface area contributed by atoms with Crippen molar-refractivity contribution in [2.24, 2.45) is 11.8 Å². The summed E-state index contributed by atoms with van der Waals surface area (Å²) >= 11 is 0. The van der Waals surface area contributed by atoms with E-state index in [-0.39, 0.29) is 0 Å². The van der Waals surface area contributed by atoms with E-state index >= 15 is 0 Å². The molecule has 4 rings (SSSR count). The third kappa shape index (κ3) is 2.45. The quantitative estimate of drug-likeness (QED) is 0.808. The van der Waals surface area contributed by atoms with E-state index in [0.717, 1.165) is 40.8 Å². The van der Waals surface area contributed by atoms with E-state index < -0.39 is 0 Å². The molecule has 1 saturated heterocycles. The number of hydrogen-bond acceptors (Lipinski definition) is 3. The maximum absolute atomic E-state index is 5.84. The summed E-state index contributed by atoms with van der Waals surface area (Å²) in [6, 6.07) is 10.3. The van der Waals surface area contributed by atoms with E-state index in [9.17, 15) is 0 Å². The predicted molar refractivity (Wildman–Crippen MR) is 88.4 cm³/mol. The Hall–Kier alpha value is -1.77. The van der Waals surface area contributed by atoms with Crippen LogP contribution >= 0.6 is 0 Å². The van der Waals surface area contributed by atoms with E-state index in [4.69, 9.17) is 10.7 Å². The van der Waals surface area contributed by atoms with Crippen LogP contribution in [0.5, 0.6) is 0 Å². The Kier molecular flexibility index (Phi) is 3.21. The van der Waals surface area contributed by atoms with Crippen molar-refractivity contribution in [3.63, 3.8) is 0 Å². The molecule has 3 heteroatoms. The third-order valence-electron chi connectivity index (χ3n) is 5.31. The van der Waals surface area contributed by atoms with Gasteiger partial charge in [0.1, 0.15) is 5.82 Å². The first-order valence-electron chi connectivity index (χ1n) is 8.21. The van der Waals surface area contributed by atoms with Crippen LogP contribution in [0.15, 0.2) is 30.3 Å². The largest absolute Gasteiger partial charge is 0.399 e. The SMILES string of the molecule is Nc1ccc2nc(N3CCC4CCCCC4C3)ccc2c1. The fourth-order valence-corrected chi connectivity index (χ4v) is 4.12. The average molecular weight is 281 g/mol. The zero-order chi connectivity index (χ0) is 14.2. The van der Waals surface area contributed by atoms with Gasteiger partial charge in [0.05, 0.1) is 5.52 Å². The van der Waals surface area contributed by atoms with Crippen LogP contribution in [0.2, 0.25) is 0 Å². The van der Waals surface area contributed by atoms with Crippen molar-refractivity contribution in [1.82, 2.24) is 4.98 Å². The molecule has 0 amide bonds. The fourth-order valence-electron chi connectivity index (χ4n) is 4.12. The molecule has 0 bridgehead atoms. The lowest BCUT2D eigenvalue weighted by Gasteiger charge is -2.41. The molecule has 0 radical (unpaired) electrons. The van der Waals surface area contributed by atoms with Crippen molar-refractivity contribution in [3.8, 4) is 0 Å². The van der Waals surface area contributed by atoms with Crippen molar-refractivity contribution in [3.05, 3.63) is 30.3 Å². The van der Waals surface area contributed by atoms with Gasteiger partial charge in [0.15, 0.2) is 0 Å². The zero-order valence-corrected chi connectivity index (χ0v) is 12.5. The molecule has 3 nitrogen and oxygen atoms in total. The van der Waals surface area contributed by atoms with E-state index in [1.54, 1.807) is 0 Å². The molecule has 2 aromatic rings. The molecule has 2 fully saturated rings. The van der Waals surface area contributed by atoms with Crippen LogP contribution < -0.4 is 10.6 Å². The molecule has 1 aromatic carbocycles. The Labute approximate surface area is 126 Å². The highest BCUT2D eigenvalue weighted by Crippen LogP contribution is 2.37. The molecule has 2 N–H and O–H groups in total. The minimum Gasteiger partial charge on any atom is -0.399 e. The van der Waals surface area contributed by atoms with Crippen molar-refractivity contribution in [2.45, 2.75) is 32.1 Å². The summed E-state index contributed by atoms with van der Waals surface area (Å²) in [7, 11) is 0. The van der Waals surface area contributed by atoms with Crippen LogP contribution in [-0.2, 0) is 0 Å². The number of aromatic nitrogens is 1. The smallest absolute Gasteiger partial charge is 0.129 e. The highest BCUT2D eigenvalue weighted by Gasteiger charge is 2.31. The Morgan fingerprint density at radius 1 is 1.00 bits per heavy atom. The molecule has 1 aromatic heterocycles. The first-order valence-corrected chi connectivity index (χ1v) is 8.21. The van der Waals surface area contributed by atoms with Crippen molar-refractivity contribution < 1.29 is 0 Å². The molecule has 1 aliphatic carbocycles. The zero-order valence-electron chi connectivity index (χ0n) is 12.5. The second-order valence-electron chi connectivity index (χ2n) is 6.66. The maximum Gasteiger partial charge on any atom is 0.129 e. The summed E-state index contributed by atoms with van der Waals surface area (Å²) in [6.07, 6.45) is 7.05. The molecule has 2 atom stereocenters. The van der Waals surface area contributed by atoms with Crippen LogP contribution in [0, 0.1) is 11.8 Å². The number of rotatable bonds is 1. The number of anilines is 2. The third-order valence-corrected chi connectivity index (χ3v) is 5.31. The Morgan fingerprint density at radius 3 is 2.76 bits per heavy atom. The maximum atomic E-state index is 5.84. The van der Waals surface area contributed by atoms with Crippen molar-refractivity contribution in [1.29, 1.82) is 0 Å². The van der Waals surface area contributed by atoms with Crippen LogP contribution in [-0.4, -0.2) is 18.1 Å². The van der Waals surface area contributed by atoms with Gasteiger partial charge in [-0.05, 0) is 55.0 Å². The van der Waals surface area contributed by atoms with Gasteiger partial charge in [-0.1, -0.05) is 19.3 Å². The standard InChI is InChI=1S/C18H23N3/c19-16-6-7-17-14(11-16)5-8-18(20-17)21-10-9-13-3-1-2-4-15(13)12-21/h5-8,11,13,15H,1-4,9-10,12,19H2. The van der Waals surface area contributed by atoms with Crippen molar-refractivity contribution in [2.75, 3.05) is 23.7 Å². The van der Waals surface area contributed by atoms with Gasteiger partial charge in [-0.3, -0.25) is 0 Å². The highest BCUT2D eigenvalue weighted by molar-refractivity contribution is 5.83. The monoisotopic (exact) mass is 281 g/mol. The van der Waals surface area contributed by atoms with Gasteiger partial charge in [0, 0.05) is 24.2 Å². The molecule has 2 heterocycles. The lowest BCUT2D eigenvalue weighted by atomic mass is 9.75. The van der Waals surface area contributed by atoms with Crippen LogP contribution in [0.25, 0.3) is 10.9 Å². The summed E-state index contributed by atoms with van der Waals surface area (Å²) in [5, 5.41) is 1.13. The average Bonchev–Trinajstić information content (AvgIpc) is 2.54. The first-order chi connectivity index (χ1) is 10.3. The Morgan fingerprint density at radius 2 is 1.86 bits per heavy atom. The lowest BCUT2D eigenvalue weighted by Crippen LogP contribution is -2.42. The minimum absolute atomic E-state index is 0.806. The number of nitrogens with zero attached hydrogens (tertiary/aromatic N) is 2. The Bertz CT molecular complexity index is 652. The molecule has 110 valence electrons. The van der Waals surface area contributed by atoms with E-state index in [1.165, 1.54) is 38.6 Å². The molecule has 1 aliphatic heterocycles.